The van der Waals surface area contributed by atoms with Crippen molar-refractivity contribution in [2.24, 2.45) is 5.92 Å². The highest BCUT2D eigenvalue weighted by atomic mass is 16.5. The molecule has 2 aromatic carbocycles. The second kappa shape index (κ2) is 9.78. The molecule has 6 heteroatoms. The van der Waals surface area contributed by atoms with E-state index in [4.69, 9.17) is 9.47 Å². The van der Waals surface area contributed by atoms with E-state index in [-0.39, 0.29) is 17.7 Å². The summed E-state index contributed by atoms with van der Waals surface area (Å²) >= 11 is 0. The third-order valence-corrected chi connectivity index (χ3v) is 4.39. The molecule has 0 aliphatic heterocycles. The average molecular weight is 384 g/mol. The first-order chi connectivity index (χ1) is 13.3. The van der Waals surface area contributed by atoms with Gasteiger partial charge in [0.2, 0.25) is 11.8 Å². The fourth-order valence-electron chi connectivity index (χ4n) is 2.63. The molecule has 2 aromatic rings. The third kappa shape index (κ3) is 5.74. The highest BCUT2D eigenvalue weighted by Gasteiger charge is 2.11. The second-order valence-corrected chi connectivity index (χ2v) is 6.91. The smallest absolute Gasteiger partial charge is 0.226 e. The largest absolute Gasteiger partial charge is 0.493 e. The Balaban J connectivity index is 2.00. The number of carbonyl (C=O) groups excluding carboxylic acids is 2. The number of carbonyl (C=O) groups is 2. The first-order valence-electron chi connectivity index (χ1n) is 9.26. The molecule has 0 spiro atoms. The SMILES string of the molecule is COc1ccc(CCC(=O)Nc2cc(NC(=O)C(C)C)ccc2C)cc1OC. The van der Waals surface area contributed by atoms with Crippen LogP contribution < -0.4 is 20.1 Å². The zero-order chi connectivity index (χ0) is 20.7. The van der Waals surface area contributed by atoms with Gasteiger partial charge in [-0.15, -0.1) is 0 Å². The fourth-order valence-corrected chi connectivity index (χ4v) is 2.63. The van der Waals surface area contributed by atoms with Gasteiger partial charge in [0.1, 0.15) is 0 Å². The minimum absolute atomic E-state index is 0.0606. The summed E-state index contributed by atoms with van der Waals surface area (Å²) in [4.78, 5) is 24.3. The Bertz CT molecular complexity index is 846. The summed E-state index contributed by atoms with van der Waals surface area (Å²) < 4.78 is 10.5. The van der Waals surface area contributed by atoms with Crippen molar-refractivity contribution in [2.75, 3.05) is 24.9 Å². The summed E-state index contributed by atoms with van der Waals surface area (Å²) in [7, 11) is 3.17. The van der Waals surface area contributed by atoms with Gasteiger partial charge in [-0.3, -0.25) is 9.59 Å². The summed E-state index contributed by atoms with van der Waals surface area (Å²) in [5.41, 5.74) is 3.28. The van der Waals surface area contributed by atoms with Gasteiger partial charge in [-0.25, -0.2) is 0 Å². The molecule has 0 fully saturated rings. The highest BCUT2D eigenvalue weighted by molar-refractivity contribution is 5.95. The maximum absolute atomic E-state index is 12.4. The molecular formula is C22H28N2O4. The van der Waals surface area contributed by atoms with Crippen LogP contribution in [-0.2, 0) is 16.0 Å². The molecule has 0 saturated heterocycles. The normalized spacial score (nSPS) is 10.5. The van der Waals surface area contributed by atoms with E-state index in [1.54, 1.807) is 20.3 Å². The van der Waals surface area contributed by atoms with Gasteiger partial charge in [0.25, 0.3) is 0 Å². The van der Waals surface area contributed by atoms with Gasteiger partial charge in [0, 0.05) is 23.7 Å². The maximum atomic E-state index is 12.4. The van der Waals surface area contributed by atoms with Crippen LogP contribution in [0, 0.1) is 12.8 Å². The number of methoxy groups -OCH3 is 2. The lowest BCUT2D eigenvalue weighted by molar-refractivity contribution is -0.119. The molecule has 0 bridgehead atoms. The molecule has 0 aliphatic rings. The van der Waals surface area contributed by atoms with Crippen molar-refractivity contribution in [3.05, 3.63) is 47.5 Å². The van der Waals surface area contributed by atoms with Crippen LogP contribution in [0.4, 0.5) is 11.4 Å². The zero-order valence-electron chi connectivity index (χ0n) is 17.1. The van der Waals surface area contributed by atoms with E-state index in [9.17, 15) is 9.59 Å². The molecule has 0 aliphatic carbocycles. The Hall–Kier alpha value is -3.02. The van der Waals surface area contributed by atoms with E-state index >= 15 is 0 Å². The van der Waals surface area contributed by atoms with E-state index < -0.39 is 0 Å². The fraction of sp³-hybridized carbons (Fsp3) is 0.364. The van der Waals surface area contributed by atoms with Gasteiger partial charge in [-0.1, -0.05) is 26.0 Å². The van der Waals surface area contributed by atoms with Crippen molar-refractivity contribution >= 4 is 23.2 Å². The van der Waals surface area contributed by atoms with Crippen LogP contribution in [0.2, 0.25) is 0 Å². The first-order valence-corrected chi connectivity index (χ1v) is 9.26. The quantitative estimate of drug-likeness (QED) is 0.716. The Morgan fingerprint density at radius 3 is 2.32 bits per heavy atom. The van der Waals surface area contributed by atoms with Gasteiger partial charge in [0.15, 0.2) is 11.5 Å². The van der Waals surface area contributed by atoms with Crippen LogP contribution >= 0.6 is 0 Å². The van der Waals surface area contributed by atoms with E-state index in [2.05, 4.69) is 10.6 Å². The number of hydrogen-bond donors (Lipinski definition) is 2. The van der Waals surface area contributed by atoms with Crippen molar-refractivity contribution in [3.63, 3.8) is 0 Å². The minimum Gasteiger partial charge on any atom is -0.493 e. The molecule has 2 amide bonds. The van der Waals surface area contributed by atoms with Gasteiger partial charge < -0.3 is 20.1 Å². The third-order valence-electron chi connectivity index (χ3n) is 4.39. The number of anilines is 2. The van der Waals surface area contributed by atoms with Gasteiger partial charge >= 0.3 is 0 Å². The molecule has 0 aromatic heterocycles. The van der Waals surface area contributed by atoms with E-state index in [0.29, 0.717) is 35.7 Å². The van der Waals surface area contributed by atoms with Crippen LogP contribution in [0.1, 0.15) is 31.4 Å². The number of rotatable bonds is 8. The lowest BCUT2D eigenvalue weighted by Gasteiger charge is -2.13. The van der Waals surface area contributed by atoms with Gasteiger partial charge in [0.05, 0.1) is 14.2 Å². The molecular weight excluding hydrogens is 356 g/mol. The monoisotopic (exact) mass is 384 g/mol. The zero-order valence-corrected chi connectivity index (χ0v) is 17.1. The topological polar surface area (TPSA) is 76.7 Å². The van der Waals surface area contributed by atoms with Crippen molar-refractivity contribution in [3.8, 4) is 11.5 Å². The van der Waals surface area contributed by atoms with E-state index in [1.807, 2.05) is 51.1 Å². The van der Waals surface area contributed by atoms with Crippen molar-refractivity contribution in [1.29, 1.82) is 0 Å². The molecule has 0 atom stereocenters. The number of benzene rings is 2. The standard InChI is InChI=1S/C22H28N2O4/c1-14(2)22(26)23-17-9-6-15(3)18(13-17)24-21(25)11-8-16-7-10-19(27-4)20(12-16)28-5/h6-7,9-10,12-14H,8,11H2,1-5H3,(H,23,26)(H,24,25). The van der Waals surface area contributed by atoms with Crippen LogP contribution in [-0.4, -0.2) is 26.0 Å². The Kier molecular flexibility index (Phi) is 7.44. The number of hydrogen-bond acceptors (Lipinski definition) is 4. The molecule has 2 N–H and O–H groups in total. The predicted molar refractivity (Wildman–Crippen MR) is 111 cm³/mol. The molecule has 0 unspecified atom stereocenters. The second-order valence-electron chi connectivity index (χ2n) is 6.91. The summed E-state index contributed by atoms with van der Waals surface area (Å²) in [5.74, 6) is 1.04. The van der Waals surface area contributed by atoms with Gasteiger partial charge in [-0.05, 0) is 48.7 Å². The van der Waals surface area contributed by atoms with Crippen LogP contribution in [0.3, 0.4) is 0 Å². The van der Waals surface area contributed by atoms with Crippen LogP contribution in [0.25, 0.3) is 0 Å². The summed E-state index contributed by atoms with van der Waals surface area (Å²) in [5, 5.41) is 5.78. The number of amides is 2. The number of aryl methyl sites for hydroxylation is 2. The lowest BCUT2D eigenvalue weighted by Crippen LogP contribution is -2.18. The van der Waals surface area contributed by atoms with E-state index in [1.165, 1.54) is 0 Å². The molecule has 0 saturated carbocycles. The van der Waals surface area contributed by atoms with Crippen molar-refractivity contribution in [2.45, 2.75) is 33.6 Å². The average Bonchev–Trinajstić information content (AvgIpc) is 2.68. The highest BCUT2D eigenvalue weighted by Crippen LogP contribution is 2.28. The van der Waals surface area contributed by atoms with Crippen LogP contribution in [0.15, 0.2) is 36.4 Å². The number of nitrogens with one attached hydrogen (secondary N) is 2. The summed E-state index contributed by atoms with van der Waals surface area (Å²) in [6.07, 6.45) is 0.909. The molecule has 0 heterocycles. The van der Waals surface area contributed by atoms with Gasteiger partial charge in [-0.2, -0.15) is 0 Å². The first kappa shape index (κ1) is 21.3. The maximum Gasteiger partial charge on any atom is 0.226 e. The Morgan fingerprint density at radius 1 is 0.964 bits per heavy atom. The summed E-state index contributed by atoms with van der Waals surface area (Å²) in [6.45, 7) is 5.58. The van der Waals surface area contributed by atoms with E-state index in [0.717, 1.165) is 11.1 Å². The lowest BCUT2D eigenvalue weighted by atomic mass is 10.1. The van der Waals surface area contributed by atoms with Crippen LogP contribution in [0.5, 0.6) is 11.5 Å². The molecule has 2 rings (SSSR count). The summed E-state index contributed by atoms with van der Waals surface area (Å²) in [6, 6.07) is 11.1. The van der Waals surface area contributed by atoms with Crippen molar-refractivity contribution in [1.82, 2.24) is 0 Å². The predicted octanol–water partition coefficient (Wildman–Crippen LogP) is 4.18. The Morgan fingerprint density at radius 2 is 1.68 bits per heavy atom. The molecule has 0 radical (unpaired) electrons. The minimum atomic E-state index is -0.110. The Labute approximate surface area is 166 Å². The number of ether oxygens (including phenoxy) is 2. The molecule has 6 nitrogen and oxygen atoms in total. The molecule has 150 valence electrons. The van der Waals surface area contributed by atoms with Crippen molar-refractivity contribution < 1.29 is 19.1 Å². The molecule has 28 heavy (non-hydrogen) atoms.